The summed E-state index contributed by atoms with van der Waals surface area (Å²) in [4.78, 5) is 7.86. The highest BCUT2D eigenvalue weighted by Crippen LogP contribution is 2.12. The number of morpholine rings is 1. The predicted molar refractivity (Wildman–Crippen MR) is 82.4 cm³/mol. The van der Waals surface area contributed by atoms with Crippen molar-refractivity contribution in [2.75, 3.05) is 40.0 Å². The molecule has 1 heterocycles. The van der Waals surface area contributed by atoms with Gasteiger partial charge in [-0.3, -0.25) is 4.90 Å². The molecule has 116 valence electrons. The van der Waals surface area contributed by atoms with E-state index in [2.05, 4.69) is 10.1 Å². The van der Waals surface area contributed by atoms with Gasteiger partial charge in [0.05, 0.1) is 13.2 Å². The maximum atomic E-state index is 5.54. The number of nitrogens with zero attached hydrogens (tertiary/aromatic N) is 2. The van der Waals surface area contributed by atoms with E-state index in [0.29, 0.717) is 0 Å². The van der Waals surface area contributed by atoms with E-state index in [1.807, 2.05) is 44.2 Å². The Morgan fingerprint density at radius 2 is 1.90 bits per heavy atom. The van der Waals surface area contributed by atoms with Crippen molar-refractivity contribution in [3.63, 3.8) is 0 Å². The molecule has 0 saturated carbocycles. The SMILES string of the molecule is COC(C)(C)ON=C(CN1CCOCC1)c1ccccc1. The third-order valence-electron chi connectivity index (χ3n) is 3.45. The highest BCUT2D eigenvalue weighted by atomic mass is 16.8. The van der Waals surface area contributed by atoms with Crippen LogP contribution in [0, 0.1) is 0 Å². The normalized spacial score (nSPS) is 17.8. The summed E-state index contributed by atoms with van der Waals surface area (Å²) in [6, 6.07) is 10.1. The van der Waals surface area contributed by atoms with Gasteiger partial charge in [-0.05, 0) is 0 Å². The second-order valence-corrected chi connectivity index (χ2v) is 5.49. The molecular weight excluding hydrogens is 268 g/mol. The van der Waals surface area contributed by atoms with Gasteiger partial charge in [-0.25, -0.2) is 0 Å². The van der Waals surface area contributed by atoms with Crippen LogP contribution in [0.5, 0.6) is 0 Å². The zero-order valence-corrected chi connectivity index (χ0v) is 13.0. The molecule has 0 amide bonds. The molecule has 2 rings (SSSR count). The molecule has 0 radical (unpaired) electrons. The zero-order valence-electron chi connectivity index (χ0n) is 13.0. The molecule has 5 heteroatoms. The van der Waals surface area contributed by atoms with Crippen LogP contribution in [-0.4, -0.2) is 56.4 Å². The third-order valence-corrected chi connectivity index (χ3v) is 3.45. The van der Waals surface area contributed by atoms with E-state index in [0.717, 1.165) is 44.1 Å². The van der Waals surface area contributed by atoms with Gasteiger partial charge in [0, 0.05) is 46.2 Å². The summed E-state index contributed by atoms with van der Waals surface area (Å²) in [6.45, 7) is 7.80. The molecular formula is C16H24N2O3. The van der Waals surface area contributed by atoms with Gasteiger partial charge in [0.15, 0.2) is 0 Å². The lowest BCUT2D eigenvalue weighted by atomic mass is 10.1. The Hall–Kier alpha value is -1.43. The molecule has 0 bridgehead atoms. The lowest BCUT2D eigenvalue weighted by Gasteiger charge is -2.27. The molecule has 0 spiro atoms. The average Bonchev–Trinajstić information content (AvgIpc) is 2.53. The van der Waals surface area contributed by atoms with Gasteiger partial charge in [-0.15, -0.1) is 0 Å². The fourth-order valence-corrected chi connectivity index (χ4v) is 1.98. The van der Waals surface area contributed by atoms with Crippen molar-refractivity contribution in [3.8, 4) is 0 Å². The fraction of sp³-hybridized carbons (Fsp3) is 0.562. The first-order valence-corrected chi connectivity index (χ1v) is 7.26. The topological polar surface area (TPSA) is 43.3 Å². The molecule has 0 atom stereocenters. The highest BCUT2D eigenvalue weighted by molar-refractivity contribution is 6.01. The van der Waals surface area contributed by atoms with E-state index in [-0.39, 0.29) is 0 Å². The van der Waals surface area contributed by atoms with Crippen LogP contribution in [0.3, 0.4) is 0 Å². The monoisotopic (exact) mass is 292 g/mol. The van der Waals surface area contributed by atoms with Crippen molar-refractivity contribution < 1.29 is 14.3 Å². The van der Waals surface area contributed by atoms with Crippen molar-refractivity contribution >= 4 is 5.71 Å². The minimum atomic E-state index is -0.731. The highest BCUT2D eigenvalue weighted by Gasteiger charge is 2.20. The zero-order chi connectivity index (χ0) is 15.1. The van der Waals surface area contributed by atoms with Crippen LogP contribution in [-0.2, 0) is 14.3 Å². The second-order valence-electron chi connectivity index (χ2n) is 5.49. The molecule has 0 aliphatic carbocycles. The van der Waals surface area contributed by atoms with Crippen LogP contribution >= 0.6 is 0 Å². The Kier molecular flexibility index (Phi) is 5.73. The van der Waals surface area contributed by atoms with Gasteiger partial charge in [0.25, 0.3) is 0 Å². The van der Waals surface area contributed by atoms with Gasteiger partial charge in [0.1, 0.15) is 5.71 Å². The second kappa shape index (κ2) is 7.54. The summed E-state index contributed by atoms with van der Waals surface area (Å²) in [5.74, 6) is -0.731. The Balaban J connectivity index is 2.12. The predicted octanol–water partition coefficient (Wildman–Crippen LogP) is 2.12. The summed E-state index contributed by atoms with van der Waals surface area (Å²) in [7, 11) is 1.61. The molecule has 0 unspecified atom stereocenters. The molecule has 1 aromatic carbocycles. The van der Waals surface area contributed by atoms with Crippen molar-refractivity contribution in [3.05, 3.63) is 35.9 Å². The first-order chi connectivity index (χ1) is 10.1. The van der Waals surface area contributed by atoms with E-state index in [4.69, 9.17) is 14.3 Å². The maximum Gasteiger partial charge on any atom is 0.230 e. The average molecular weight is 292 g/mol. The van der Waals surface area contributed by atoms with E-state index < -0.39 is 5.79 Å². The van der Waals surface area contributed by atoms with Crippen molar-refractivity contribution in [2.24, 2.45) is 5.16 Å². The molecule has 1 saturated heterocycles. The molecule has 5 nitrogen and oxygen atoms in total. The van der Waals surface area contributed by atoms with Gasteiger partial charge in [-0.2, -0.15) is 0 Å². The summed E-state index contributed by atoms with van der Waals surface area (Å²) >= 11 is 0. The minimum Gasteiger partial charge on any atom is -0.379 e. The Bertz CT molecular complexity index is 454. The fourth-order valence-electron chi connectivity index (χ4n) is 1.98. The number of methoxy groups -OCH3 is 1. The van der Waals surface area contributed by atoms with Crippen molar-refractivity contribution in [1.29, 1.82) is 0 Å². The molecule has 0 N–H and O–H groups in total. The van der Waals surface area contributed by atoms with Crippen LogP contribution in [0.4, 0.5) is 0 Å². The minimum absolute atomic E-state index is 0.731. The van der Waals surface area contributed by atoms with E-state index in [9.17, 15) is 0 Å². The first kappa shape index (κ1) is 15.9. The van der Waals surface area contributed by atoms with Crippen molar-refractivity contribution in [1.82, 2.24) is 4.90 Å². The number of hydrogen-bond donors (Lipinski definition) is 0. The summed E-state index contributed by atoms with van der Waals surface area (Å²) < 4.78 is 10.6. The first-order valence-electron chi connectivity index (χ1n) is 7.26. The molecule has 1 aliphatic heterocycles. The number of rotatable bonds is 6. The van der Waals surface area contributed by atoms with Gasteiger partial charge < -0.3 is 14.3 Å². The maximum absolute atomic E-state index is 5.54. The van der Waals surface area contributed by atoms with E-state index in [1.165, 1.54) is 0 Å². The molecule has 1 fully saturated rings. The number of benzene rings is 1. The summed E-state index contributed by atoms with van der Waals surface area (Å²) in [5, 5.41) is 4.34. The number of ether oxygens (including phenoxy) is 2. The molecule has 1 aromatic rings. The van der Waals surface area contributed by atoms with E-state index >= 15 is 0 Å². The standard InChI is InChI=1S/C16H24N2O3/c1-16(2,19-3)21-17-15(14-7-5-4-6-8-14)13-18-9-11-20-12-10-18/h4-8H,9-13H2,1-3H3. The third kappa shape index (κ3) is 5.12. The number of hydrogen-bond acceptors (Lipinski definition) is 5. The van der Waals surface area contributed by atoms with E-state index in [1.54, 1.807) is 7.11 Å². The van der Waals surface area contributed by atoms with Crippen molar-refractivity contribution in [2.45, 2.75) is 19.6 Å². The summed E-state index contributed by atoms with van der Waals surface area (Å²) in [6.07, 6.45) is 0. The quantitative estimate of drug-likeness (QED) is 0.458. The lowest BCUT2D eigenvalue weighted by molar-refractivity contribution is -0.197. The molecule has 21 heavy (non-hydrogen) atoms. The van der Waals surface area contributed by atoms with Crippen LogP contribution in [0.2, 0.25) is 0 Å². The summed E-state index contributed by atoms with van der Waals surface area (Å²) in [5.41, 5.74) is 1.97. The molecule has 0 aromatic heterocycles. The van der Waals surface area contributed by atoms with Crippen LogP contribution in [0.1, 0.15) is 19.4 Å². The van der Waals surface area contributed by atoms with Gasteiger partial charge in [-0.1, -0.05) is 35.5 Å². The van der Waals surface area contributed by atoms with Crippen LogP contribution in [0.25, 0.3) is 0 Å². The van der Waals surface area contributed by atoms with Crippen LogP contribution in [0.15, 0.2) is 35.5 Å². The Morgan fingerprint density at radius 3 is 2.52 bits per heavy atom. The number of oxime groups is 1. The smallest absolute Gasteiger partial charge is 0.230 e. The Morgan fingerprint density at radius 1 is 1.24 bits per heavy atom. The molecule has 1 aliphatic rings. The Labute approximate surface area is 126 Å². The largest absolute Gasteiger partial charge is 0.379 e. The van der Waals surface area contributed by atoms with Gasteiger partial charge >= 0.3 is 0 Å². The van der Waals surface area contributed by atoms with Crippen LogP contribution < -0.4 is 0 Å². The van der Waals surface area contributed by atoms with Gasteiger partial charge in [0.2, 0.25) is 5.79 Å². The lowest BCUT2D eigenvalue weighted by Crippen LogP contribution is -2.40.